The molecule has 1 saturated heterocycles. The number of likely N-dealkylation sites (N-methyl/N-ethyl adjacent to an activating group) is 2. The van der Waals surface area contributed by atoms with Crippen molar-refractivity contribution < 1.29 is 4.79 Å². The Kier molecular flexibility index (Phi) is 6.37. The summed E-state index contributed by atoms with van der Waals surface area (Å²) in [5.74, 6) is 0.220. The fraction of sp³-hybridized carbons (Fsp3) is 0.909. The lowest BCUT2D eigenvalue weighted by Crippen LogP contribution is -2.41. The van der Waals surface area contributed by atoms with Gasteiger partial charge < -0.3 is 15.5 Å². The molecule has 0 aliphatic carbocycles. The molecule has 1 amide bonds. The van der Waals surface area contributed by atoms with E-state index < -0.39 is 0 Å². The van der Waals surface area contributed by atoms with Gasteiger partial charge in [0.2, 0.25) is 5.91 Å². The minimum atomic E-state index is 0.220. The van der Waals surface area contributed by atoms with Crippen LogP contribution in [0.4, 0.5) is 0 Å². The number of amides is 1. The summed E-state index contributed by atoms with van der Waals surface area (Å²) in [7, 11) is 3.77. The third-order valence-corrected chi connectivity index (χ3v) is 2.91. The van der Waals surface area contributed by atoms with E-state index in [0.29, 0.717) is 6.54 Å². The lowest BCUT2D eigenvalue weighted by atomic mass is 10.3. The van der Waals surface area contributed by atoms with Gasteiger partial charge in [-0.05, 0) is 26.6 Å². The molecule has 1 aliphatic rings. The van der Waals surface area contributed by atoms with Crippen LogP contribution in [-0.4, -0.2) is 75.6 Å². The van der Waals surface area contributed by atoms with E-state index >= 15 is 0 Å². The molecule has 0 bridgehead atoms. The van der Waals surface area contributed by atoms with Gasteiger partial charge in [-0.2, -0.15) is 0 Å². The first kappa shape index (κ1) is 13.4. The molecule has 1 rings (SSSR count). The van der Waals surface area contributed by atoms with Crippen LogP contribution in [0.1, 0.15) is 6.42 Å². The van der Waals surface area contributed by atoms with E-state index in [0.717, 1.165) is 45.7 Å². The van der Waals surface area contributed by atoms with Crippen LogP contribution < -0.4 is 10.6 Å². The van der Waals surface area contributed by atoms with Crippen molar-refractivity contribution in [1.29, 1.82) is 0 Å². The first-order valence-corrected chi connectivity index (χ1v) is 6.05. The minimum Gasteiger partial charge on any atom is -0.343 e. The molecule has 0 saturated carbocycles. The molecule has 0 aromatic carbocycles. The Morgan fingerprint density at radius 1 is 1.44 bits per heavy atom. The molecule has 0 unspecified atom stereocenters. The Morgan fingerprint density at radius 2 is 2.25 bits per heavy atom. The van der Waals surface area contributed by atoms with Crippen molar-refractivity contribution in [2.45, 2.75) is 6.42 Å². The molecule has 0 aromatic heterocycles. The summed E-state index contributed by atoms with van der Waals surface area (Å²) >= 11 is 0. The molecule has 16 heavy (non-hydrogen) atoms. The van der Waals surface area contributed by atoms with Crippen molar-refractivity contribution >= 4 is 5.91 Å². The second-order valence-electron chi connectivity index (χ2n) is 4.30. The third kappa shape index (κ3) is 4.92. The SMILES string of the molecule is CNCCN(C)C(=O)CN1CCCNCC1. The molecule has 0 radical (unpaired) electrons. The fourth-order valence-electron chi connectivity index (χ4n) is 1.78. The topological polar surface area (TPSA) is 47.6 Å². The Labute approximate surface area is 98.2 Å². The number of nitrogens with zero attached hydrogens (tertiary/aromatic N) is 2. The normalized spacial score (nSPS) is 18.1. The molecular weight excluding hydrogens is 204 g/mol. The highest BCUT2D eigenvalue weighted by Crippen LogP contribution is 1.96. The van der Waals surface area contributed by atoms with Gasteiger partial charge in [0.15, 0.2) is 0 Å². The third-order valence-electron chi connectivity index (χ3n) is 2.91. The zero-order valence-electron chi connectivity index (χ0n) is 10.5. The number of carbonyl (C=O) groups is 1. The average Bonchev–Trinajstić information content (AvgIpc) is 2.54. The first-order chi connectivity index (χ1) is 7.74. The van der Waals surface area contributed by atoms with Crippen molar-refractivity contribution in [2.24, 2.45) is 0 Å². The maximum absolute atomic E-state index is 11.9. The summed E-state index contributed by atoms with van der Waals surface area (Å²) in [6.45, 7) is 6.26. The van der Waals surface area contributed by atoms with Gasteiger partial charge in [-0.3, -0.25) is 9.69 Å². The van der Waals surface area contributed by atoms with E-state index in [4.69, 9.17) is 0 Å². The molecule has 0 atom stereocenters. The second-order valence-corrected chi connectivity index (χ2v) is 4.30. The van der Waals surface area contributed by atoms with E-state index in [1.165, 1.54) is 0 Å². The summed E-state index contributed by atoms with van der Waals surface area (Å²) in [4.78, 5) is 15.9. The molecule has 0 spiro atoms. The Morgan fingerprint density at radius 3 is 3.00 bits per heavy atom. The summed E-state index contributed by atoms with van der Waals surface area (Å²) in [6, 6.07) is 0. The average molecular weight is 228 g/mol. The summed E-state index contributed by atoms with van der Waals surface area (Å²) in [5.41, 5.74) is 0. The highest BCUT2D eigenvalue weighted by molar-refractivity contribution is 5.77. The van der Waals surface area contributed by atoms with Gasteiger partial charge in [0.1, 0.15) is 0 Å². The van der Waals surface area contributed by atoms with E-state index in [-0.39, 0.29) is 5.91 Å². The van der Waals surface area contributed by atoms with Crippen LogP contribution in [-0.2, 0) is 4.79 Å². The van der Waals surface area contributed by atoms with Gasteiger partial charge in [0.05, 0.1) is 6.54 Å². The zero-order valence-corrected chi connectivity index (χ0v) is 10.5. The number of carbonyl (C=O) groups excluding carboxylic acids is 1. The van der Waals surface area contributed by atoms with Crippen molar-refractivity contribution in [3.8, 4) is 0 Å². The van der Waals surface area contributed by atoms with Gasteiger partial charge in [-0.1, -0.05) is 0 Å². The van der Waals surface area contributed by atoms with Gasteiger partial charge in [-0.25, -0.2) is 0 Å². The lowest BCUT2D eigenvalue weighted by Gasteiger charge is -2.23. The Balaban J connectivity index is 2.25. The van der Waals surface area contributed by atoms with Crippen LogP contribution in [0.15, 0.2) is 0 Å². The number of hydrogen-bond donors (Lipinski definition) is 2. The molecule has 2 N–H and O–H groups in total. The van der Waals surface area contributed by atoms with Crippen LogP contribution >= 0.6 is 0 Å². The summed E-state index contributed by atoms with van der Waals surface area (Å²) in [5, 5.41) is 6.39. The van der Waals surface area contributed by atoms with Gasteiger partial charge in [0.25, 0.3) is 0 Å². The fourth-order valence-corrected chi connectivity index (χ4v) is 1.78. The maximum Gasteiger partial charge on any atom is 0.236 e. The van der Waals surface area contributed by atoms with E-state index in [1.54, 1.807) is 4.90 Å². The quantitative estimate of drug-likeness (QED) is 0.631. The standard InChI is InChI=1S/C11H24N4O/c1-12-5-8-14(2)11(16)10-15-7-3-4-13-6-9-15/h12-13H,3-10H2,1-2H3. The summed E-state index contributed by atoms with van der Waals surface area (Å²) in [6.07, 6.45) is 1.13. The molecule has 5 heteroatoms. The number of hydrogen-bond acceptors (Lipinski definition) is 4. The predicted molar refractivity (Wildman–Crippen MR) is 65.5 cm³/mol. The molecule has 1 heterocycles. The predicted octanol–water partition coefficient (Wildman–Crippen LogP) is -1.04. The largest absolute Gasteiger partial charge is 0.343 e. The summed E-state index contributed by atoms with van der Waals surface area (Å²) < 4.78 is 0. The van der Waals surface area contributed by atoms with Crippen LogP contribution in [0, 0.1) is 0 Å². The minimum absolute atomic E-state index is 0.220. The molecule has 5 nitrogen and oxygen atoms in total. The van der Waals surface area contributed by atoms with Crippen molar-refractivity contribution in [3.05, 3.63) is 0 Å². The molecule has 1 fully saturated rings. The number of rotatable bonds is 5. The van der Waals surface area contributed by atoms with Crippen molar-refractivity contribution in [1.82, 2.24) is 20.4 Å². The van der Waals surface area contributed by atoms with Crippen molar-refractivity contribution in [2.75, 3.05) is 59.9 Å². The van der Waals surface area contributed by atoms with Crippen LogP contribution in [0.25, 0.3) is 0 Å². The number of nitrogens with one attached hydrogen (secondary N) is 2. The highest BCUT2D eigenvalue weighted by atomic mass is 16.2. The van der Waals surface area contributed by atoms with Gasteiger partial charge in [0, 0.05) is 33.2 Å². The van der Waals surface area contributed by atoms with Gasteiger partial charge in [-0.15, -0.1) is 0 Å². The van der Waals surface area contributed by atoms with E-state index in [2.05, 4.69) is 15.5 Å². The molecular formula is C11H24N4O. The van der Waals surface area contributed by atoms with Crippen molar-refractivity contribution in [3.63, 3.8) is 0 Å². The van der Waals surface area contributed by atoms with E-state index in [1.807, 2.05) is 14.1 Å². The second kappa shape index (κ2) is 7.60. The first-order valence-electron chi connectivity index (χ1n) is 6.05. The molecule has 0 aromatic rings. The maximum atomic E-state index is 11.9. The highest BCUT2D eigenvalue weighted by Gasteiger charge is 2.15. The molecule has 1 aliphatic heterocycles. The zero-order chi connectivity index (χ0) is 11.8. The lowest BCUT2D eigenvalue weighted by molar-refractivity contribution is -0.131. The van der Waals surface area contributed by atoms with Crippen LogP contribution in [0.2, 0.25) is 0 Å². The van der Waals surface area contributed by atoms with Crippen LogP contribution in [0.3, 0.4) is 0 Å². The monoisotopic (exact) mass is 228 g/mol. The smallest absolute Gasteiger partial charge is 0.236 e. The van der Waals surface area contributed by atoms with Crippen LogP contribution in [0.5, 0.6) is 0 Å². The van der Waals surface area contributed by atoms with E-state index in [9.17, 15) is 4.79 Å². The van der Waals surface area contributed by atoms with Gasteiger partial charge >= 0.3 is 0 Å². The Hall–Kier alpha value is -0.650. The Bertz CT molecular complexity index is 202. The molecule has 94 valence electrons.